The number of hydrogen-bond acceptors (Lipinski definition) is 5. The maximum atomic E-state index is 12.9. The Labute approximate surface area is 138 Å². The van der Waals surface area contributed by atoms with Gasteiger partial charge in [-0.2, -0.15) is 0 Å². The predicted molar refractivity (Wildman–Crippen MR) is 92.5 cm³/mol. The molecule has 0 saturated carbocycles. The summed E-state index contributed by atoms with van der Waals surface area (Å²) in [7, 11) is 1.66. The molecule has 5 nitrogen and oxygen atoms in total. The van der Waals surface area contributed by atoms with Gasteiger partial charge in [-0.25, -0.2) is 14.5 Å². The summed E-state index contributed by atoms with van der Waals surface area (Å²) in [6.45, 7) is 2.56. The Balaban J connectivity index is 2.19. The van der Waals surface area contributed by atoms with Gasteiger partial charge in [0.2, 0.25) is 0 Å². The van der Waals surface area contributed by atoms with E-state index in [1.807, 2.05) is 37.3 Å². The minimum absolute atomic E-state index is 0.105. The van der Waals surface area contributed by atoms with E-state index in [2.05, 4.69) is 9.97 Å². The second kappa shape index (κ2) is 6.93. The number of nitrogens with zero attached hydrogens (tertiary/aromatic N) is 3. The number of aromatic nitrogens is 3. The third-order valence-corrected chi connectivity index (χ3v) is 4.29. The molecular weight excluding hydrogens is 310 g/mol. The summed E-state index contributed by atoms with van der Waals surface area (Å²) in [6.07, 6.45) is 1.75. The van der Waals surface area contributed by atoms with Crippen LogP contribution in [-0.2, 0) is 4.74 Å². The Kier molecular flexibility index (Phi) is 4.73. The average molecular weight is 327 g/mol. The Bertz CT molecular complexity index is 875. The van der Waals surface area contributed by atoms with Gasteiger partial charge in [-0.05, 0) is 30.7 Å². The van der Waals surface area contributed by atoms with Crippen molar-refractivity contribution in [1.82, 2.24) is 14.5 Å². The van der Waals surface area contributed by atoms with Gasteiger partial charge in [0.15, 0.2) is 5.16 Å². The van der Waals surface area contributed by atoms with Crippen molar-refractivity contribution in [3.8, 4) is 5.82 Å². The molecule has 6 heteroatoms. The van der Waals surface area contributed by atoms with E-state index in [1.54, 1.807) is 23.9 Å². The van der Waals surface area contributed by atoms with Crippen molar-refractivity contribution in [1.29, 1.82) is 0 Å². The van der Waals surface area contributed by atoms with E-state index < -0.39 is 0 Å². The van der Waals surface area contributed by atoms with Crippen LogP contribution in [0, 0.1) is 6.92 Å². The molecule has 0 radical (unpaired) electrons. The predicted octanol–water partition coefficient (Wildman–Crippen LogP) is 2.83. The SMILES string of the molecule is COCCSc1nc2ccccc2c(=O)n1-c1ccc(C)cn1. The van der Waals surface area contributed by atoms with Crippen molar-refractivity contribution in [3.63, 3.8) is 0 Å². The fourth-order valence-electron chi connectivity index (χ4n) is 2.22. The van der Waals surface area contributed by atoms with Crippen molar-refractivity contribution < 1.29 is 4.74 Å². The summed E-state index contributed by atoms with van der Waals surface area (Å²) in [5.41, 5.74) is 1.64. The first-order chi connectivity index (χ1) is 11.2. The Morgan fingerprint density at radius 3 is 2.78 bits per heavy atom. The van der Waals surface area contributed by atoms with Crippen LogP contribution in [0.2, 0.25) is 0 Å². The van der Waals surface area contributed by atoms with E-state index in [0.29, 0.717) is 34.2 Å². The standard InChI is InChI=1S/C17H17N3O2S/c1-12-7-8-15(18-11-12)20-16(21)13-5-3-4-6-14(13)19-17(20)23-10-9-22-2/h3-8,11H,9-10H2,1-2H3. The van der Waals surface area contributed by atoms with Gasteiger partial charge in [0.05, 0.1) is 17.5 Å². The monoisotopic (exact) mass is 327 g/mol. The largest absolute Gasteiger partial charge is 0.384 e. The van der Waals surface area contributed by atoms with Crippen LogP contribution in [0.4, 0.5) is 0 Å². The number of pyridine rings is 1. The van der Waals surface area contributed by atoms with Crippen LogP contribution in [0.1, 0.15) is 5.56 Å². The zero-order chi connectivity index (χ0) is 16.2. The second-order valence-corrected chi connectivity index (χ2v) is 6.15. The molecule has 0 aliphatic heterocycles. The summed E-state index contributed by atoms with van der Waals surface area (Å²) in [5.74, 6) is 1.30. The molecule has 0 amide bonds. The second-order valence-electron chi connectivity index (χ2n) is 5.09. The fourth-order valence-corrected chi connectivity index (χ4v) is 3.12. The Morgan fingerprint density at radius 1 is 1.22 bits per heavy atom. The van der Waals surface area contributed by atoms with Crippen LogP contribution in [-0.4, -0.2) is 34.0 Å². The summed E-state index contributed by atoms with van der Waals surface area (Å²) in [6, 6.07) is 11.1. The number of methoxy groups -OCH3 is 1. The van der Waals surface area contributed by atoms with Crippen LogP contribution in [0.15, 0.2) is 52.5 Å². The van der Waals surface area contributed by atoms with E-state index in [-0.39, 0.29) is 5.56 Å². The summed E-state index contributed by atoms with van der Waals surface area (Å²) in [4.78, 5) is 21.9. The number of ether oxygens (including phenoxy) is 1. The molecule has 0 saturated heterocycles. The molecule has 1 aromatic carbocycles. The first-order valence-corrected chi connectivity index (χ1v) is 8.26. The van der Waals surface area contributed by atoms with Gasteiger partial charge in [-0.3, -0.25) is 4.79 Å². The average Bonchev–Trinajstić information content (AvgIpc) is 2.57. The lowest BCUT2D eigenvalue weighted by Gasteiger charge is -2.12. The summed E-state index contributed by atoms with van der Waals surface area (Å²) >= 11 is 1.49. The highest BCUT2D eigenvalue weighted by molar-refractivity contribution is 7.99. The number of thioether (sulfide) groups is 1. The molecule has 0 bridgehead atoms. The quantitative estimate of drug-likeness (QED) is 0.410. The lowest BCUT2D eigenvalue weighted by molar-refractivity contribution is 0.218. The number of benzene rings is 1. The molecule has 0 spiro atoms. The zero-order valence-corrected chi connectivity index (χ0v) is 13.8. The minimum atomic E-state index is -0.105. The Morgan fingerprint density at radius 2 is 2.04 bits per heavy atom. The van der Waals surface area contributed by atoms with Gasteiger partial charge in [0.1, 0.15) is 5.82 Å². The Hall–Kier alpha value is -2.18. The molecule has 3 aromatic rings. The van der Waals surface area contributed by atoms with Gasteiger partial charge >= 0.3 is 0 Å². The molecule has 23 heavy (non-hydrogen) atoms. The normalized spacial score (nSPS) is 11.0. The third-order valence-electron chi connectivity index (χ3n) is 3.39. The maximum absolute atomic E-state index is 12.9. The van der Waals surface area contributed by atoms with Gasteiger partial charge in [0, 0.05) is 19.1 Å². The maximum Gasteiger partial charge on any atom is 0.267 e. The van der Waals surface area contributed by atoms with Gasteiger partial charge in [-0.15, -0.1) is 0 Å². The molecule has 0 atom stereocenters. The summed E-state index contributed by atoms with van der Waals surface area (Å²) in [5, 5.41) is 1.22. The van der Waals surface area contributed by atoms with Crippen LogP contribution in [0.5, 0.6) is 0 Å². The van der Waals surface area contributed by atoms with Crippen molar-refractivity contribution in [3.05, 3.63) is 58.5 Å². The number of aryl methyl sites for hydroxylation is 1. The molecule has 0 N–H and O–H groups in total. The van der Waals surface area contributed by atoms with E-state index >= 15 is 0 Å². The minimum Gasteiger partial charge on any atom is -0.384 e. The first-order valence-electron chi connectivity index (χ1n) is 7.27. The third kappa shape index (κ3) is 3.28. The number of rotatable bonds is 5. The van der Waals surface area contributed by atoms with Gasteiger partial charge in [-0.1, -0.05) is 30.0 Å². The lowest BCUT2D eigenvalue weighted by Crippen LogP contribution is -2.22. The molecule has 0 aliphatic rings. The number of hydrogen-bond donors (Lipinski definition) is 0. The van der Waals surface area contributed by atoms with Crippen molar-refractivity contribution in [2.24, 2.45) is 0 Å². The van der Waals surface area contributed by atoms with Crippen molar-refractivity contribution >= 4 is 22.7 Å². The molecule has 3 rings (SSSR count). The molecular formula is C17H17N3O2S. The van der Waals surface area contributed by atoms with E-state index in [9.17, 15) is 4.79 Å². The fraction of sp³-hybridized carbons (Fsp3) is 0.235. The zero-order valence-electron chi connectivity index (χ0n) is 13.0. The van der Waals surface area contributed by atoms with Gasteiger partial charge in [0.25, 0.3) is 5.56 Å². The number of para-hydroxylation sites is 1. The van der Waals surface area contributed by atoms with Crippen LogP contribution < -0.4 is 5.56 Å². The topological polar surface area (TPSA) is 57.0 Å². The molecule has 2 heterocycles. The summed E-state index contributed by atoms with van der Waals surface area (Å²) < 4.78 is 6.66. The highest BCUT2D eigenvalue weighted by Gasteiger charge is 2.13. The van der Waals surface area contributed by atoms with Crippen molar-refractivity contribution in [2.75, 3.05) is 19.5 Å². The first kappa shape index (κ1) is 15.7. The van der Waals surface area contributed by atoms with E-state index in [1.165, 1.54) is 11.8 Å². The molecule has 0 unspecified atom stereocenters. The molecule has 118 valence electrons. The van der Waals surface area contributed by atoms with Crippen LogP contribution in [0.25, 0.3) is 16.7 Å². The lowest BCUT2D eigenvalue weighted by atomic mass is 10.2. The number of fused-ring (bicyclic) bond motifs is 1. The molecule has 0 fully saturated rings. The molecule has 2 aromatic heterocycles. The van der Waals surface area contributed by atoms with Crippen LogP contribution in [0.3, 0.4) is 0 Å². The van der Waals surface area contributed by atoms with Crippen LogP contribution >= 0.6 is 11.8 Å². The van der Waals surface area contributed by atoms with E-state index in [4.69, 9.17) is 4.74 Å². The molecule has 0 aliphatic carbocycles. The van der Waals surface area contributed by atoms with Gasteiger partial charge < -0.3 is 4.74 Å². The van der Waals surface area contributed by atoms with E-state index in [0.717, 1.165) is 5.56 Å². The highest BCUT2D eigenvalue weighted by Crippen LogP contribution is 2.20. The van der Waals surface area contributed by atoms with Crippen molar-refractivity contribution in [2.45, 2.75) is 12.1 Å². The highest BCUT2D eigenvalue weighted by atomic mass is 32.2. The smallest absolute Gasteiger partial charge is 0.267 e.